The molecule has 3 N–H and O–H groups in total. The van der Waals surface area contributed by atoms with Crippen molar-refractivity contribution in [1.29, 1.82) is 0 Å². The molecule has 0 bridgehead atoms. The highest BCUT2D eigenvalue weighted by atomic mass is 16.2. The zero-order chi connectivity index (χ0) is 16.2. The molecule has 3 amide bonds. The molecule has 6 nitrogen and oxygen atoms in total. The summed E-state index contributed by atoms with van der Waals surface area (Å²) in [5.41, 5.74) is 4.27. The smallest absolute Gasteiger partial charge is 0.260 e. The van der Waals surface area contributed by atoms with Crippen LogP contribution < -0.4 is 16.2 Å². The maximum absolute atomic E-state index is 12.1. The number of hydrogen-bond acceptors (Lipinski definition) is 3. The van der Waals surface area contributed by atoms with Crippen molar-refractivity contribution in [3.8, 4) is 0 Å². The molecule has 0 aliphatic heterocycles. The van der Waals surface area contributed by atoms with Gasteiger partial charge in [-0.1, -0.05) is 34.6 Å². The summed E-state index contributed by atoms with van der Waals surface area (Å²) in [6.45, 7) is 9.34. The number of hydrogen-bond donors (Lipinski definition) is 3. The average Bonchev–Trinajstić information content (AvgIpc) is 3.16. The van der Waals surface area contributed by atoms with E-state index in [2.05, 4.69) is 16.2 Å². The van der Waals surface area contributed by atoms with Gasteiger partial charge in [-0.2, -0.15) is 0 Å². The van der Waals surface area contributed by atoms with E-state index >= 15 is 0 Å². The van der Waals surface area contributed by atoms with Gasteiger partial charge < -0.3 is 5.32 Å². The Labute approximate surface area is 126 Å². The molecule has 1 aliphatic carbocycles. The van der Waals surface area contributed by atoms with Crippen molar-refractivity contribution in [3.63, 3.8) is 0 Å². The van der Waals surface area contributed by atoms with E-state index in [1.54, 1.807) is 20.8 Å². The summed E-state index contributed by atoms with van der Waals surface area (Å²) in [6.07, 6.45) is 2.27. The van der Waals surface area contributed by atoms with Crippen LogP contribution in [0.5, 0.6) is 0 Å². The van der Waals surface area contributed by atoms with Crippen LogP contribution in [0.25, 0.3) is 0 Å². The zero-order valence-corrected chi connectivity index (χ0v) is 13.6. The van der Waals surface area contributed by atoms with Gasteiger partial charge in [-0.15, -0.1) is 0 Å². The lowest BCUT2D eigenvalue weighted by Crippen LogP contribution is -2.54. The largest absolute Gasteiger partial charge is 0.344 e. The predicted molar refractivity (Wildman–Crippen MR) is 79.9 cm³/mol. The fourth-order valence-corrected chi connectivity index (χ4v) is 1.74. The van der Waals surface area contributed by atoms with E-state index in [9.17, 15) is 14.4 Å². The first kappa shape index (κ1) is 17.5. The SMILES string of the molecule is CC(C)C[C@H](NC(=O)C(C)(C)C)C(=O)NNC(=O)C1CC1. The Bertz CT molecular complexity index is 409. The van der Waals surface area contributed by atoms with Crippen LogP contribution in [-0.2, 0) is 14.4 Å². The third kappa shape index (κ3) is 6.14. The van der Waals surface area contributed by atoms with Crippen molar-refractivity contribution in [2.75, 3.05) is 0 Å². The highest BCUT2D eigenvalue weighted by Gasteiger charge is 2.31. The summed E-state index contributed by atoms with van der Waals surface area (Å²) in [4.78, 5) is 35.7. The minimum atomic E-state index is -0.642. The number of nitrogens with one attached hydrogen (secondary N) is 3. The molecule has 0 aromatic rings. The van der Waals surface area contributed by atoms with Crippen molar-refractivity contribution < 1.29 is 14.4 Å². The fourth-order valence-electron chi connectivity index (χ4n) is 1.74. The highest BCUT2D eigenvalue weighted by Crippen LogP contribution is 2.28. The van der Waals surface area contributed by atoms with Crippen LogP contribution in [0.3, 0.4) is 0 Å². The van der Waals surface area contributed by atoms with Gasteiger partial charge in [0.1, 0.15) is 6.04 Å². The molecule has 0 saturated heterocycles. The van der Waals surface area contributed by atoms with Crippen LogP contribution in [0.4, 0.5) is 0 Å². The lowest BCUT2D eigenvalue weighted by Gasteiger charge is -2.25. The molecule has 0 unspecified atom stereocenters. The Balaban J connectivity index is 2.56. The van der Waals surface area contributed by atoms with E-state index in [0.717, 1.165) is 12.8 Å². The lowest BCUT2D eigenvalue weighted by atomic mass is 9.94. The third-order valence-corrected chi connectivity index (χ3v) is 3.27. The maximum Gasteiger partial charge on any atom is 0.260 e. The Morgan fingerprint density at radius 2 is 1.67 bits per heavy atom. The lowest BCUT2D eigenvalue weighted by molar-refractivity contribution is -0.135. The van der Waals surface area contributed by atoms with Crippen LogP contribution >= 0.6 is 0 Å². The van der Waals surface area contributed by atoms with Gasteiger partial charge in [0.25, 0.3) is 5.91 Å². The molecule has 1 saturated carbocycles. The average molecular weight is 297 g/mol. The second kappa shape index (κ2) is 6.91. The van der Waals surface area contributed by atoms with Crippen molar-refractivity contribution in [2.45, 2.75) is 59.9 Å². The summed E-state index contributed by atoms with van der Waals surface area (Å²) in [5.74, 6) is -0.445. The van der Waals surface area contributed by atoms with Gasteiger partial charge in [-0.25, -0.2) is 0 Å². The molecule has 0 aromatic heterocycles. The van der Waals surface area contributed by atoms with Crippen LogP contribution in [0.2, 0.25) is 0 Å². The van der Waals surface area contributed by atoms with Crippen LogP contribution in [0.1, 0.15) is 53.9 Å². The molecule has 6 heteroatoms. The Hall–Kier alpha value is -1.59. The maximum atomic E-state index is 12.1. The van der Waals surface area contributed by atoms with Crippen LogP contribution in [-0.4, -0.2) is 23.8 Å². The van der Waals surface area contributed by atoms with E-state index in [1.165, 1.54) is 0 Å². The second-order valence-electron chi connectivity index (χ2n) is 7.16. The number of carbonyl (C=O) groups is 3. The quantitative estimate of drug-likeness (QED) is 0.665. The highest BCUT2D eigenvalue weighted by molar-refractivity contribution is 5.91. The first-order chi connectivity index (χ1) is 9.61. The molecular formula is C15H27N3O3. The predicted octanol–water partition coefficient (Wildman–Crippen LogP) is 1.12. The van der Waals surface area contributed by atoms with Crippen molar-refractivity contribution >= 4 is 17.7 Å². The molecule has 1 rings (SSSR count). The van der Waals surface area contributed by atoms with Crippen molar-refractivity contribution in [1.82, 2.24) is 16.2 Å². The molecular weight excluding hydrogens is 270 g/mol. The summed E-state index contributed by atoms with van der Waals surface area (Å²) in [6, 6.07) is -0.642. The number of hydrazine groups is 1. The van der Waals surface area contributed by atoms with Crippen molar-refractivity contribution in [2.24, 2.45) is 17.3 Å². The van der Waals surface area contributed by atoms with Gasteiger partial charge in [0, 0.05) is 11.3 Å². The summed E-state index contributed by atoms with van der Waals surface area (Å²) >= 11 is 0. The summed E-state index contributed by atoms with van der Waals surface area (Å²) in [5, 5.41) is 2.75. The van der Waals surface area contributed by atoms with Crippen LogP contribution in [0.15, 0.2) is 0 Å². The topological polar surface area (TPSA) is 87.3 Å². The van der Waals surface area contributed by atoms with E-state index < -0.39 is 11.5 Å². The Morgan fingerprint density at radius 3 is 2.10 bits per heavy atom. The van der Waals surface area contributed by atoms with Gasteiger partial charge >= 0.3 is 0 Å². The molecule has 1 atom stereocenters. The molecule has 21 heavy (non-hydrogen) atoms. The van der Waals surface area contributed by atoms with Gasteiger partial charge in [0.2, 0.25) is 11.8 Å². The van der Waals surface area contributed by atoms with E-state index in [4.69, 9.17) is 0 Å². The molecule has 0 heterocycles. The number of carbonyl (C=O) groups excluding carboxylic acids is 3. The van der Waals surface area contributed by atoms with E-state index in [-0.39, 0.29) is 29.6 Å². The zero-order valence-electron chi connectivity index (χ0n) is 13.6. The summed E-state index contributed by atoms with van der Waals surface area (Å²) < 4.78 is 0. The Kier molecular flexibility index (Phi) is 5.75. The minimum absolute atomic E-state index is 0.0259. The van der Waals surface area contributed by atoms with Gasteiger partial charge in [0.05, 0.1) is 0 Å². The van der Waals surface area contributed by atoms with Gasteiger partial charge in [-0.3, -0.25) is 25.2 Å². The first-order valence-electron chi connectivity index (χ1n) is 7.52. The van der Waals surface area contributed by atoms with Gasteiger partial charge in [0.15, 0.2) is 0 Å². The molecule has 1 aliphatic rings. The minimum Gasteiger partial charge on any atom is -0.344 e. The fraction of sp³-hybridized carbons (Fsp3) is 0.800. The second-order valence-corrected chi connectivity index (χ2v) is 7.16. The Morgan fingerprint density at radius 1 is 1.10 bits per heavy atom. The molecule has 1 fully saturated rings. The molecule has 120 valence electrons. The standard InChI is InChI=1S/C15H27N3O3/c1-9(2)8-11(16-14(21)15(3,4)5)13(20)18-17-12(19)10-6-7-10/h9-11H,6-8H2,1-5H3,(H,16,21)(H,17,19)(H,18,20)/t11-/m0/s1. The number of amides is 3. The van der Waals surface area contributed by atoms with E-state index in [1.807, 2.05) is 13.8 Å². The first-order valence-corrected chi connectivity index (χ1v) is 7.52. The molecule has 0 spiro atoms. The molecule has 0 radical (unpaired) electrons. The van der Waals surface area contributed by atoms with Crippen LogP contribution in [0, 0.1) is 17.3 Å². The van der Waals surface area contributed by atoms with E-state index in [0.29, 0.717) is 6.42 Å². The normalized spacial score (nSPS) is 16.3. The molecule has 0 aromatic carbocycles. The monoisotopic (exact) mass is 297 g/mol. The number of rotatable bonds is 5. The van der Waals surface area contributed by atoms with Gasteiger partial charge in [-0.05, 0) is 25.2 Å². The third-order valence-electron chi connectivity index (χ3n) is 3.27. The summed E-state index contributed by atoms with van der Waals surface area (Å²) in [7, 11) is 0. The van der Waals surface area contributed by atoms with Crippen molar-refractivity contribution in [3.05, 3.63) is 0 Å².